The highest BCUT2D eigenvalue weighted by Crippen LogP contribution is 2.29. The molecule has 3 rings (SSSR count). The Kier molecular flexibility index (Phi) is 5.36. The van der Waals surface area contributed by atoms with Crippen LogP contribution >= 0.6 is 0 Å². The van der Waals surface area contributed by atoms with Crippen molar-refractivity contribution in [2.45, 2.75) is 18.8 Å². The predicted octanol–water partition coefficient (Wildman–Crippen LogP) is 4.63. The van der Waals surface area contributed by atoms with Gasteiger partial charge < -0.3 is 5.32 Å². The summed E-state index contributed by atoms with van der Waals surface area (Å²) in [5, 5.41) is 2.92. The number of amides is 1. The maximum atomic E-state index is 12.2. The second-order valence-electron chi connectivity index (χ2n) is 5.70. The van der Waals surface area contributed by atoms with Crippen molar-refractivity contribution in [2.24, 2.45) is 0 Å². The number of aromatic nitrogens is 1. The molecular weight excluding hydrogens is 296 g/mol. The number of hydrogen-bond donors (Lipinski definition) is 1. The molecule has 120 valence electrons. The lowest BCUT2D eigenvalue weighted by Crippen LogP contribution is -2.13. The fourth-order valence-corrected chi connectivity index (χ4v) is 2.83. The van der Waals surface area contributed by atoms with Crippen LogP contribution < -0.4 is 5.32 Å². The largest absolute Gasteiger partial charge is 0.326 e. The monoisotopic (exact) mass is 316 g/mol. The Hall–Kier alpha value is -2.94. The number of nitrogens with one attached hydrogen (secondary N) is 1. The summed E-state index contributed by atoms with van der Waals surface area (Å²) >= 11 is 0. The summed E-state index contributed by atoms with van der Waals surface area (Å²) in [5.74, 6) is 0.244. The number of rotatable bonds is 6. The molecule has 0 spiro atoms. The van der Waals surface area contributed by atoms with Crippen LogP contribution in [-0.2, 0) is 4.79 Å². The van der Waals surface area contributed by atoms with E-state index in [1.807, 2.05) is 36.4 Å². The van der Waals surface area contributed by atoms with Gasteiger partial charge in [-0.1, -0.05) is 60.7 Å². The fourth-order valence-electron chi connectivity index (χ4n) is 2.83. The Morgan fingerprint density at radius 3 is 1.92 bits per heavy atom. The molecule has 24 heavy (non-hydrogen) atoms. The summed E-state index contributed by atoms with van der Waals surface area (Å²) in [6.07, 6.45) is 4.58. The van der Waals surface area contributed by atoms with Crippen LogP contribution in [0.1, 0.15) is 29.9 Å². The van der Waals surface area contributed by atoms with E-state index in [2.05, 4.69) is 34.6 Å². The smallest absolute Gasteiger partial charge is 0.224 e. The molecule has 0 fully saturated rings. The SMILES string of the molecule is O=C(CCC(c1ccccc1)c1ccccc1)Nc1ccncc1. The highest BCUT2D eigenvalue weighted by atomic mass is 16.1. The highest BCUT2D eigenvalue weighted by molar-refractivity contribution is 5.90. The molecule has 3 heteroatoms. The van der Waals surface area contributed by atoms with Crippen molar-refractivity contribution in [3.63, 3.8) is 0 Å². The van der Waals surface area contributed by atoms with Crippen LogP contribution in [0, 0.1) is 0 Å². The van der Waals surface area contributed by atoms with Crippen LogP contribution in [0.25, 0.3) is 0 Å². The molecular formula is C21H20N2O. The molecule has 0 aliphatic heterocycles. The molecule has 3 nitrogen and oxygen atoms in total. The van der Waals surface area contributed by atoms with Crippen LogP contribution in [0.5, 0.6) is 0 Å². The molecule has 0 atom stereocenters. The van der Waals surface area contributed by atoms with E-state index in [0.717, 1.165) is 12.1 Å². The first kappa shape index (κ1) is 15.9. The van der Waals surface area contributed by atoms with Gasteiger partial charge >= 0.3 is 0 Å². The van der Waals surface area contributed by atoms with Gasteiger partial charge in [0.25, 0.3) is 0 Å². The minimum Gasteiger partial charge on any atom is -0.326 e. The first-order valence-corrected chi connectivity index (χ1v) is 8.13. The average Bonchev–Trinajstić information content (AvgIpc) is 2.64. The minimum atomic E-state index is 0.0260. The predicted molar refractivity (Wildman–Crippen MR) is 96.8 cm³/mol. The molecule has 1 N–H and O–H groups in total. The topological polar surface area (TPSA) is 42.0 Å². The van der Waals surface area contributed by atoms with Gasteiger partial charge in [0, 0.05) is 30.4 Å². The normalized spacial score (nSPS) is 10.5. The fraction of sp³-hybridized carbons (Fsp3) is 0.143. The molecule has 0 radical (unpaired) electrons. The van der Waals surface area contributed by atoms with Crippen LogP contribution in [0.2, 0.25) is 0 Å². The van der Waals surface area contributed by atoms with Crippen molar-refractivity contribution in [2.75, 3.05) is 5.32 Å². The molecule has 3 aromatic rings. The van der Waals surface area contributed by atoms with Crippen molar-refractivity contribution < 1.29 is 4.79 Å². The molecule has 0 saturated carbocycles. The van der Waals surface area contributed by atoms with Crippen LogP contribution in [-0.4, -0.2) is 10.9 Å². The van der Waals surface area contributed by atoms with Gasteiger partial charge in [0.05, 0.1) is 0 Å². The summed E-state index contributed by atoms with van der Waals surface area (Å²) in [6, 6.07) is 24.3. The Balaban J connectivity index is 1.70. The van der Waals surface area contributed by atoms with Gasteiger partial charge in [-0.25, -0.2) is 0 Å². The molecule has 1 aromatic heterocycles. The van der Waals surface area contributed by atoms with Crippen molar-refractivity contribution in [1.82, 2.24) is 4.98 Å². The Morgan fingerprint density at radius 1 is 0.833 bits per heavy atom. The van der Waals surface area contributed by atoms with E-state index in [-0.39, 0.29) is 11.8 Å². The molecule has 0 aliphatic rings. The van der Waals surface area contributed by atoms with Gasteiger partial charge in [0.1, 0.15) is 0 Å². The van der Waals surface area contributed by atoms with E-state index in [1.165, 1.54) is 11.1 Å². The average molecular weight is 316 g/mol. The molecule has 1 amide bonds. The minimum absolute atomic E-state index is 0.0260. The van der Waals surface area contributed by atoms with Gasteiger partial charge in [-0.3, -0.25) is 9.78 Å². The third-order valence-corrected chi connectivity index (χ3v) is 4.03. The number of hydrogen-bond acceptors (Lipinski definition) is 2. The maximum Gasteiger partial charge on any atom is 0.224 e. The lowest BCUT2D eigenvalue weighted by molar-refractivity contribution is -0.116. The molecule has 2 aromatic carbocycles. The van der Waals surface area contributed by atoms with Crippen molar-refractivity contribution in [3.8, 4) is 0 Å². The summed E-state index contributed by atoms with van der Waals surface area (Å²) in [7, 11) is 0. The lowest BCUT2D eigenvalue weighted by atomic mass is 9.87. The summed E-state index contributed by atoms with van der Waals surface area (Å²) < 4.78 is 0. The van der Waals surface area contributed by atoms with E-state index in [0.29, 0.717) is 6.42 Å². The number of nitrogens with zero attached hydrogens (tertiary/aromatic N) is 1. The van der Waals surface area contributed by atoms with Crippen molar-refractivity contribution in [3.05, 3.63) is 96.3 Å². The summed E-state index contributed by atoms with van der Waals surface area (Å²) in [4.78, 5) is 16.2. The highest BCUT2D eigenvalue weighted by Gasteiger charge is 2.15. The standard InChI is InChI=1S/C21H20N2O/c24-21(23-19-13-15-22-16-14-19)12-11-20(17-7-3-1-4-8-17)18-9-5-2-6-10-18/h1-10,13-16,20H,11-12H2,(H,22,23,24). The first-order chi connectivity index (χ1) is 11.8. The van der Waals surface area contributed by atoms with Crippen LogP contribution in [0.4, 0.5) is 5.69 Å². The van der Waals surface area contributed by atoms with Crippen molar-refractivity contribution in [1.29, 1.82) is 0 Å². The maximum absolute atomic E-state index is 12.2. The molecule has 0 bridgehead atoms. The van der Waals surface area contributed by atoms with Crippen molar-refractivity contribution >= 4 is 11.6 Å². The van der Waals surface area contributed by atoms with Gasteiger partial charge in [0.2, 0.25) is 5.91 Å². The number of benzene rings is 2. The molecule has 0 aliphatic carbocycles. The Bertz CT molecular complexity index is 718. The van der Waals surface area contributed by atoms with Gasteiger partial charge in [0.15, 0.2) is 0 Å². The second-order valence-corrected chi connectivity index (χ2v) is 5.70. The third-order valence-electron chi connectivity index (χ3n) is 4.03. The third kappa shape index (κ3) is 4.29. The quantitative estimate of drug-likeness (QED) is 0.720. The number of anilines is 1. The van der Waals surface area contributed by atoms with Crippen LogP contribution in [0.3, 0.4) is 0 Å². The summed E-state index contributed by atoms with van der Waals surface area (Å²) in [5.41, 5.74) is 3.26. The van der Waals surface area contributed by atoms with E-state index in [1.54, 1.807) is 24.5 Å². The molecule has 0 unspecified atom stereocenters. The zero-order chi connectivity index (χ0) is 16.6. The molecule has 0 saturated heterocycles. The van der Waals surface area contributed by atoms with E-state index < -0.39 is 0 Å². The molecule has 1 heterocycles. The van der Waals surface area contributed by atoms with Gasteiger partial charge in [-0.2, -0.15) is 0 Å². The van der Waals surface area contributed by atoms with E-state index in [9.17, 15) is 4.79 Å². The van der Waals surface area contributed by atoms with Gasteiger partial charge in [-0.15, -0.1) is 0 Å². The Labute approximate surface area is 142 Å². The number of pyridine rings is 1. The Morgan fingerprint density at radius 2 is 1.38 bits per heavy atom. The first-order valence-electron chi connectivity index (χ1n) is 8.13. The van der Waals surface area contributed by atoms with E-state index >= 15 is 0 Å². The lowest BCUT2D eigenvalue weighted by Gasteiger charge is -2.18. The second kappa shape index (κ2) is 8.06. The number of carbonyl (C=O) groups excluding carboxylic acids is 1. The van der Waals surface area contributed by atoms with E-state index in [4.69, 9.17) is 0 Å². The van der Waals surface area contributed by atoms with Gasteiger partial charge in [-0.05, 0) is 29.7 Å². The van der Waals surface area contributed by atoms with Crippen LogP contribution in [0.15, 0.2) is 85.2 Å². The number of carbonyl (C=O) groups is 1. The zero-order valence-corrected chi connectivity index (χ0v) is 13.4. The zero-order valence-electron chi connectivity index (χ0n) is 13.4. The summed E-state index contributed by atoms with van der Waals surface area (Å²) in [6.45, 7) is 0.